The highest BCUT2D eigenvalue weighted by atomic mass is 15.1. The summed E-state index contributed by atoms with van der Waals surface area (Å²) in [5.41, 5.74) is 13.0. The summed E-state index contributed by atoms with van der Waals surface area (Å²) in [6.07, 6.45) is 0. The molecule has 0 bridgehead atoms. The molecule has 0 aliphatic carbocycles. The van der Waals surface area contributed by atoms with E-state index in [9.17, 15) is 0 Å². The van der Waals surface area contributed by atoms with Crippen LogP contribution in [0.4, 0.5) is 17.1 Å². The van der Waals surface area contributed by atoms with Crippen LogP contribution in [0, 0.1) is 0 Å². The monoisotopic (exact) mass is 749 g/mol. The Morgan fingerprint density at radius 3 is 1.22 bits per heavy atom. The molecule has 0 spiro atoms. The first-order valence-corrected chi connectivity index (χ1v) is 20.3. The molecule has 0 saturated heterocycles. The number of rotatable bonds is 7. The predicted octanol–water partition coefficient (Wildman–Crippen LogP) is 16.4. The molecule has 0 amide bonds. The summed E-state index contributed by atoms with van der Waals surface area (Å²) in [5, 5.41) is 10.2. The Bertz CT molecular complexity index is 3250. The molecule has 1 nitrogen and oxygen atoms in total. The van der Waals surface area contributed by atoms with Gasteiger partial charge < -0.3 is 4.90 Å². The van der Waals surface area contributed by atoms with Gasteiger partial charge in [-0.25, -0.2) is 0 Å². The van der Waals surface area contributed by atoms with E-state index in [1.807, 2.05) is 0 Å². The van der Waals surface area contributed by atoms with Crippen LogP contribution in [0.25, 0.3) is 87.6 Å². The van der Waals surface area contributed by atoms with Gasteiger partial charge in [0.1, 0.15) is 0 Å². The quantitative estimate of drug-likeness (QED) is 0.147. The Kier molecular flexibility index (Phi) is 8.56. The van der Waals surface area contributed by atoms with E-state index in [-0.39, 0.29) is 0 Å². The highest BCUT2D eigenvalue weighted by molar-refractivity contribution is 6.28. The third-order valence-corrected chi connectivity index (χ3v) is 11.8. The Morgan fingerprint density at radius 2 is 0.610 bits per heavy atom. The van der Waals surface area contributed by atoms with Crippen LogP contribution in [0.3, 0.4) is 0 Å². The third-order valence-electron chi connectivity index (χ3n) is 11.8. The van der Waals surface area contributed by atoms with Crippen LogP contribution in [0.5, 0.6) is 0 Å². The van der Waals surface area contributed by atoms with Crippen molar-refractivity contribution in [3.05, 3.63) is 237 Å². The first-order chi connectivity index (χ1) is 29.2. The van der Waals surface area contributed by atoms with Crippen molar-refractivity contribution in [2.45, 2.75) is 0 Å². The lowest BCUT2D eigenvalue weighted by Gasteiger charge is -2.26. The molecule has 11 rings (SSSR count). The van der Waals surface area contributed by atoms with Crippen LogP contribution in [-0.2, 0) is 0 Å². The van der Waals surface area contributed by atoms with Gasteiger partial charge in [-0.1, -0.05) is 188 Å². The molecule has 0 saturated carbocycles. The van der Waals surface area contributed by atoms with Gasteiger partial charge >= 0.3 is 0 Å². The van der Waals surface area contributed by atoms with Crippen molar-refractivity contribution in [3.8, 4) is 44.5 Å². The standard InChI is InChI=1S/C58H39N/c1-2-12-40(13-3-1)42-26-32-49(33-27-42)59(51-36-30-44(31-37-51)47-25-24-41-14-4-5-15-45(41)38-47)50-34-28-43(29-35-50)46-16-10-17-48(39-46)52-22-11-23-57-55-19-7-6-18-53(55)54-20-8-9-21-56(54)58(52)57/h1-39H. The van der Waals surface area contributed by atoms with Crippen LogP contribution in [0.1, 0.15) is 0 Å². The summed E-state index contributed by atoms with van der Waals surface area (Å²) in [6, 6.07) is 86.1. The van der Waals surface area contributed by atoms with Crippen LogP contribution < -0.4 is 4.90 Å². The van der Waals surface area contributed by atoms with Gasteiger partial charge in [-0.2, -0.15) is 0 Å². The number of nitrogens with zero attached hydrogens (tertiary/aromatic N) is 1. The van der Waals surface area contributed by atoms with Gasteiger partial charge in [0.25, 0.3) is 0 Å². The van der Waals surface area contributed by atoms with E-state index in [4.69, 9.17) is 0 Å². The highest BCUT2D eigenvalue weighted by Crippen LogP contribution is 2.42. The zero-order chi connectivity index (χ0) is 39.1. The molecule has 0 atom stereocenters. The molecule has 0 aliphatic rings. The van der Waals surface area contributed by atoms with Crippen LogP contribution in [0.15, 0.2) is 237 Å². The minimum absolute atomic E-state index is 1.10. The summed E-state index contributed by atoms with van der Waals surface area (Å²) < 4.78 is 0. The Labute approximate surface area is 344 Å². The van der Waals surface area contributed by atoms with Crippen LogP contribution in [0.2, 0.25) is 0 Å². The van der Waals surface area contributed by atoms with Crippen molar-refractivity contribution >= 4 is 60.2 Å². The largest absolute Gasteiger partial charge is 0.311 e. The highest BCUT2D eigenvalue weighted by Gasteiger charge is 2.16. The maximum atomic E-state index is 2.35. The van der Waals surface area contributed by atoms with E-state index in [2.05, 4.69) is 241 Å². The van der Waals surface area contributed by atoms with Crippen molar-refractivity contribution in [1.29, 1.82) is 0 Å². The Morgan fingerprint density at radius 1 is 0.220 bits per heavy atom. The average Bonchev–Trinajstić information content (AvgIpc) is 3.32. The lowest BCUT2D eigenvalue weighted by atomic mass is 9.89. The fourth-order valence-electron chi connectivity index (χ4n) is 8.92. The van der Waals surface area contributed by atoms with Gasteiger partial charge in [-0.05, 0) is 136 Å². The molecule has 0 aromatic heterocycles. The molecule has 0 fully saturated rings. The fraction of sp³-hybridized carbons (Fsp3) is 0. The van der Waals surface area contributed by atoms with Gasteiger partial charge in [0, 0.05) is 17.1 Å². The van der Waals surface area contributed by atoms with Gasteiger partial charge in [-0.15, -0.1) is 0 Å². The fourth-order valence-corrected chi connectivity index (χ4v) is 8.92. The summed E-state index contributed by atoms with van der Waals surface area (Å²) >= 11 is 0. The molecule has 276 valence electrons. The maximum Gasteiger partial charge on any atom is 0.0462 e. The SMILES string of the molecule is c1ccc(-c2ccc(N(c3ccc(-c4cccc(-c5cccc6c7ccccc7c7ccccc7c56)c4)cc3)c3ccc(-c4ccc5ccccc5c4)cc3)cc2)cc1. The van der Waals surface area contributed by atoms with Crippen molar-refractivity contribution in [1.82, 2.24) is 0 Å². The lowest BCUT2D eigenvalue weighted by Crippen LogP contribution is -2.09. The lowest BCUT2D eigenvalue weighted by molar-refractivity contribution is 1.28. The number of hydrogen-bond acceptors (Lipinski definition) is 1. The zero-order valence-electron chi connectivity index (χ0n) is 32.5. The van der Waals surface area contributed by atoms with Gasteiger partial charge in [0.05, 0.1) is 0 Å². The summed E-state index contributed by atoms with van der Waals surface area (Å²) in [7, 11) is 0. The zero-order valence-corrected chi connectivity index (χ0v) is 32.5. The third kappa shape index (κ3) is 6.30. The van der Waals surface area contributed by atoms with Crippen LogP contribution in [-0.4, -0.2) is 0 Å². The minimum Gasteiger partial charge on any atom is -0.311 e. The van der Waals surface area contributed by atoms with E-state index in [1.54, 1.807) is 0 Å². The Balaban J connectivity index is 0.970. The second kappa shape index (κ2) is 14.6. The predicted molar refractivity (Wildman–Crippen MR) is 253 cm³/mol. The molecule has 11 aromatic rings. The molecule has 0 N–H and O–H groups in total. The first kappa shape index (κ1) is 34.5. The topological polar surface area (TPSA) is 3.24 Å². The van der Waals surface area contributed by atoms with Gasteiger partial charge in [0.15, 0.2) is 0 Å². The van der Waals surface area contributed by atoms with Crippen LogP contribution >= 0.6 is 0 Å². The molecule has 1 heteroatoms. The van der Waals surface area contributed by atoms with Crippen molar-refractivity contribution < 1.29 is 0 Å². The molecule has 0 aliphatic heterocycles. The Hall–Kier alpha value is -7.74. The van der Waals surface area contributed by atoms with E-state index >= 15 is 0 Å². The summed E-state index contributed by atoms with van der Waals surface area (Å²) in [6.45, 7) is 0. The second-order valence-electron chi connectivity index (χ2n) is 15.3. The molecule has 0 radical (unpaired) electrons. The van der Waals surface area contributed by atoms with E-state index in [0.29, 0.717) is 0 Å². The van der Waals surface area contributed by atoms with E-state index < -0.39 is 0 Å². The number of hydrogen-bond donors (Lipinski definition) is 0. The number of anilines is 3. The van der Waals surface area contributed by atoms with Crippen molar-refractivity contribution in [3.63, 3.8) is 0 Å². The van der Waals surface area contributed by atoms with E-state index in [0.717, 1.165) is 17.1 Å². The number of fused-ring (bicyclic) bond motifs is 7. The van der Waals surface area contributed by atoms with Gasteiger partial charge in [-0.3, -0.25) is 0 Å². The number of benzene rings is 11. The van der Waals surface area contributed by atoms with Crippen molar-refractivity contribution in [2.24, 2.45) is 0 Å². The minimum atomic E-state index is 1.10. The summed E-state index contributed by atoms with van der Waals surface area (Å²) in [5.74, 6) is 0. The first-order valence-electron chi connectivity index (χ1n) is 20.3. The van der Waals surface area contributed by atoms with E-state index in [1.165, 1.54) is 87.6 Å². The molecule has 59 heavy (non-hydrogen) atoms. The smallest absolute Gasteiger partial charge is 0.0462 e. The molecule has 0 heterocycles. The molecular weight excluding hydrogens is 711 g/mol. The van der Waals surface area contributed by atoms with Gasteiger partial charge in [0.2, 0.25) is 0 Å². The molecule has 0 unspecified atom stereocenters. The normalized spacial score (nSPS) is 11.4. The average molecular weight is 750 g/mol. The summed E-state index contributed by atoms with van der Waals surface area (Å²) in [4.78, 5) is 2.35. The molecular formula is C58H39N. The van der Waals surface area contributed by atoms with Crippen molar-refractivity contribution in [2.75, 3.05) is 4.90 Å². The maximum absolute atomic E-state index is 2.35. The second-order valence-corrected chi connectivity index (χ2v) is 15.3. The molecule has 11 aromatic carbocycles.